The molecular weight excluding hydrogens is 446 g/mol. The topological polar surface area (TPSA) is 18.5 Å². The smallest absolute Gasteiger partial charge is 0.395 e. The van der Waals surface area contributed by atoms with Gasteiger partial charge in [0, 0.05) is 11.5 Å². The van der Waals surface area contributed by atoms with Crippen molar-refractivity contribution in [3.05, 3.63) is 23.8 Å². The van der Waals surface area contributed by atoms with Crippen LogP contribution in [0.2, 0.25) is 0 Å². The van der Waals surface area contributed by atoms with Crippen molar-refractivity contribution < 1.29 is 35.8 Å². The van der Waals surface area contributed by atoms with Crippen molar-refractivity contribution in [3.8, 4) is 11.5 Å². The fraction of sp³-hybridized carbons (Fsp3) is 0.760. The lowest BCUT2D eigenvalue weighted by molar-refractivity contribution is -0.286. The molecule has 0 atom stereocenters. The number of unbranched alkanes of at least 4 members (excludes halogenated alkanes) is 1. The van der Waals surface area contributed by atoms with E-state index < -0.39 is 41.1 Å². The van der Waals surface area contributed by atoms with Crippen LogP contribution in [0.4, 0.5) is 26.3 Å². The van der Waals surface area contributed by atoms with Crippen molar-refractivity contribution >= 4 is 0 Å². The van der Waals surface area contributed by atoms with E-state index in [1.54, 1.807) is 0 Å². The van der Waals surface area contributed by atoms with Crippen LogP contribution in [-0.2, 0) is 5.92 Å². The van der Waals surface area contributed by atoms with Crippen LogP contribution in [0, 0.1) is 23.7 Å². The van der Waals surface area contributed by atoms with E-state index in [0.29, 0.717) is 36.8 Å². The minimum Gasteiger partial charge on any atom is -0.395 e. The zero-order valence-electron chi connectivity index (χ0n) is 18.9. The highest BCUT2D eigenvalue weighted by atomic mass is 19.3. The molecule has 4 rings (SSSR count). The van der Waals surface area contributed by atoms with Crippen molar-refractivity contribution in [2.24, 2.45) is 23.7 Å². The number of ether oxygens (including phenoxy) is 2. The molecule has 1 aromatic carbocycles. The van der Waals surface area contributed by atoms with Crippen molar-refractivity contribution in [1.82, 2.24) is 0 Å². The first-order chi connectivity index (χ1) is 15.5. The molecule has 2 nitrogen and oxygen atoms in total. The first-order valence-electron chi connectivity index (χ1n) is 12.2. The Bertz CT molecular complexity index is 811. The van der Waals surface area contributed by atoms with Gasteiger partial charge < -0.3 is 9.47 Å². The molecule has 0 aromatic heterocycles. The molecule has 0 saturated heterocycles. The van der Waals surface area contributed by atoms with Crippen molar-refractivity contribution in [2.75, 3.05) is 0 Å². The largest absolute Gasteiger partial charge is 0.586 e. The van der Waals surface area contributed by atoms with Gasteiger partial charge >= 0.3 is 18.1 Å². The third-order valence-corrected chi connectivity index (χ3v) is 7.99. The van der Waals surface area contributed by atoms with E-state index in [-0.39, 0.29) is 12.8 Å². The molecule has 0 bridgehead atoms. The van der Waals surface area contributed by atoms with Gasteiger partial charge in [0.15, 0.2) is 11.5 Å². The van der Waals surface area contributed by atoms with E-state index in [4.69, 9.17) is 0 Å². The number of hydrogen-bond donors (Lipinski definition) is 0. The molecule has 0 unspecified atom stereocenters. The van der Waals surface area contributed by atoms with Gasteiger partial charge in [0.05, 0.1) is 0 Å². The lowest BCUT2D eigenvalue weighted by atomic mass is 9.67. The highest BCUT2D eigenvalue weighted by Gasteiger charge is 2.62. The number of alkyl halides is 6. The molecule has 2 fully saturated rings. The number of benzene rings is 1. The second kappa shape index (κ2) is 9.21. The number of halogens is 6. The maximum Gasteiger partial charge on any atom is 0.586 e. The highest BCUT2D eigenvalue weighted by Crippen LogP contribution is 2.54. The molecule has 1 aromatic rings. The second-order valence-corrected chi connectivity index (χ2v) is 10.1. The summed E-state index contributed by atoms with van der Waals surface area (Å²) in [4.78, 5) is 0. The lowest BCUT2D eigenvalue weighted by Crippen LogP contribution is -2.46. The standard InChI is InChI=1S/C25H32F6O2/c1-2-3-4-16-5-7-17(8-6-16)18-9-11-19(12-10-18)23(26,27)24(28,29)20-13-14-21-22(15-20)33-25(30,31)32-21/h13-19H,2-12H2,1H3. The quantitative estimate of drug-likeness (QED) is 0.366. The molecule has 33 heavy (non-hydrogen) atoms. The second-order valence-electron chi connectivity index (χ2n) is 10.1. The summed E-state index contributed by atoms with van der Waals surface area (Å²) in [6.07, 6.45) is 5.46. The van der Waals surface area contributed by atoms with Gasteiger partial charge in [-0.2, -0.15) is 17.6 Å². The Balaban J connectivity index is 1.36. The zero-order valence-corrected chi connectivity index (χ0v) is 18.9. The van der Waals surface area contributed by atoms with Gasteiger partial charge in [-0.25, -0.2) is 0 Å². The van der Waals surface area contributed by atoms with Crippen LogP contribution in [0.1, 0.15) is 83.1 Å². The van der Waals surface area contributed by atoms with Crippen molar-refractivity contribution in [2.45, 2.75) is 95.7 Å². The average Bonchev–Trinajstić information content (AvgIpc) is 3.11. The maximum absolute atomic E-state index is 15.0. The normalized spacial score (nSPS) is 29.8. The molecule has 3 aliphatic rings. The van der Waals surface area contributed by atoms with Crippen molar-refractivity contribution in [1.29, 1.82) is 0 Å². The lowest BCUT2D eigenvalue weighted by Gasteiger charge is -2.41. The fourth-order valence-electron chi connectivity index (χ4n) is 5.99. The molecule has 1 heterocycles. The summed E-state index contributed by atoms with van der Waals surface area (Å²) in [5, 5.41) is 0. The van der Waals surface area contributed by atoms with Crippen LogP contribution < -0.4 is 9.47 Å². The Hall–Kier alpha value is -1.60. The predicted molar refractivity (Wildman–Crippen MR) is 112 cm³/mol. The number of rotatable bonds is 7. The predicted octanol–water partition coefficient (Wildman–Crippen LogP) is 8.54. The maximum atomic E-state index is 15.0. The summed E-state index contributed by atoms with van der Waals surface area (Å²) < 4.78 is 94.7. The van der Waals surface area contributed by atoms with Gasteiger partial charge in [-0.1, -0.05) is 39.0 Å². The summed E-state index contributed by atoms with van der Waals surface area (Å²) >= 11 is 0. The third-order valence-electron chi connectivity index (χ3n) is 7.99. The molecule has 186 valence electrons. The van der Waals surface area contributed by atoms with Gasteiger partial charge in [0.25, 0.3) is 0 Å². The first kappa shape index (κ1) is 24.5. The summed E-state index contributed by atoms with van der Waals surface area (Å²) in [5.41, 5.74) is -1.04. The van der Waals surface area contributed by atoms with Gasteiger partial charge in [-0.3, -0.25) is 0 Å². The van der Waals surface area contributed by atoms with E-state index in [1.165, 1.54) is 32.1 Å². The van der Waals surface area contributed by atoms with E-state index >= 15 is 8.78 Å². The van der Waals surface area contributed by atoms with E-state index in [9.17, 15) is 17.6 Å². The Morgan fingerprint density at radius 2 is 1.42 bits per heavy atom. The molecule has 2 aliphatic carbocycles. The summed E-state index contributed by atoms with van der Waals surface area (Å²) in [5.74, 6) is -9.75. The van der Waals surface area contributed by atoms with Crippen LogP contribution in [0.25, 0.3) is 0 Å². The highest BCUT2D eigenvalue weighted by molar-refractivity contribution is 5.46. The molecule has 0 N–H and O–H groups in total. The Kier molecular flexibility index (Phi) is 6.85. The Labute approximate surface area is 191 Å². The Morgan fingerprint density at radius 3 is 2.03 bits per heavy atom. The van der Waals surface area contributed by atoms with Crippen molar-refractivity contribution in [3.63, 3.8) is 0 Å². The summed E-state index contributed by atoms with van der Waals surface area (Å²) in [7, 11) is 0. The molecule has 0 amide bonds. The van der Waals surface area contributed by atoms with Crippen LogP contribution in [0.5, 0.6) is 11.5 Å². The third kappa shape index (κ3) is 4.95. The van der Waals surface area contributed by atoms with Gasteiger partial charge in [0.1, 0.15) is 0 Å². The SMILES string of the molecule is CCCCC1CCC(C2CCC(C(F)(F)C(F)(F)c3ccc4c(c3)OC(F)(F)O4)CC2)CC1. The van der Waals surface area contributed by atoms with E-state index in [2.05, 4.69) is 16.4 Å². The summed E-state index contributed by atoms with van der Waals surface area (Å²) in [6.45, 7) is 2.19. The van der Waals surface area contributed by atoms with Gasteiger partial charge in [0.2, 0.25) is 0 Å². The molecule has 2 saturated carbocycles. The first-order valence-corrected chi connectivity index (χ1v) is 12.2. The minimum atomic E-state index is -4.50. The van der Waals surface area contributed by atoms with Crippen LogP contribution in [-0.4, -0.2) is 12.2 Å². The van der Waals surface area contributed by atoms with Gasteiger partial charge in [-0.15, -0.1) is 8.78 Å². The van der Waals surface area contributed by atoms with E-state index in [0.717, 1.165) is 24.8 Å². The molecule has 0 radical (unpaired) electrons. The van der Waals surface area contributed by atoms with Crippen LogP contribution in [0.15, 0.2) is 18.2 Å². The van der Waals surface area contributed by atoms with Crippen LogP contribution in [0.3, 0.4) is 0 Å². The molecule has 0 spiro atoms. The monoisotopic (exact) mass is 478 g/mol. The average molecular weight is 479 g/mol. The van der Waals surface area contributed by atoms with E-state index in [1.807, 2.05) is 0 Å². The van der Waals surface area contributed by atoms with Gasteiger partial charge in [-0.05, 0) is 74.5 Å². The minimum absolute atomic E-state index is 0.0473. The van der Waals surface area contributed by atoms with Crippen LogP contribution >= 0.6 is 0 Å². The Morgan fingerprint density at radius 1 is 0.848 bits per heavy atom. The number of hydrogen-bond acceptors (Lipinski definition) is 2. The fourth-order valence-corrected chi connectivity index (χ4v) is 5.99. The molecular formula is C25H32F6O2. The molecule has 8 heteroatoms. The summed E-state index contributed by atoms with van der Waals surface area (Å²) in [6, 6.07) is 2.07. The molecule has 1 aliphatic heterocycles. The zero-order chi connectivity index (χ0) is 23.9. The number of fused-ring (bicyclic) bond motifs is 1.